The largest absolute Gasteiger partial charge is 0.348 e. The lowest BCUT2D eigenvalue weighted by molar-refractivity contribution is -0.178. The fraction of sp³-hybridized carbons (Fsp3) is 1.00. The third-order valence-electron chi connectivity index (χ3n) is 5.17. The summed E-state index contributed by atoms with van der Waals surface area (Å²) < 4.78 is 37.6. The number of thioether (sulfide) groups is 2. The molecule has 0 amide bonds. The van der Waals surface area contributed by atoms with Crippen molar-refractivity contribution in [3.8, 4) is 0 Å². The van der Waals surface area contributed by atoms with Gasteiger partial charge in [0.25, 0.3) is 0 Å². The minimum atomic E-state index is -0.696. The molecule has 4 heterocycles. The minimum Gasteiger partial charge on any atom is -0.348 e. The molecule has 4 aliphatic heterocycles. The second kappa shape index (κ2) is 7.30. The predicted octanol–water partition coefficient (Wildman–Crippen LogP) is 3.37. The average Bonchev–Trinajstić information content (AvgIpc) is 3.20. The standard InChI is InChI=1S/C19H32O6S2/c1-17(2)20-10-11(21-17)12-13(23-18(3,4)22-12)14-15(25-19(5,6)24-14)16-26-8-7-9-27-16/h11-16H,7-10H2,1-6H3/t11-,12-,13+,14+,15-/m1/s1. The summed E-state index contributed by atoms with van der Waals surface area (Å²) in [7, 11) is 0. The van der Waals surface area contributed by atoms with Gasteiger partial charge in [0.2, 0.25) is 0 Å². The molecule has 0 bridgehead atoms. The first-order valence-corrected chi connectivity index (χ1v) is 11.9. The van der Waals surface area contributed by atoms with Crippen LogP contribution in [0.4, 0.5) is 0 Å². The van der Waals surface area contributed by atoms with E-state index >= 15 is 0 Å². The summed E-state index contributed by atoms with van der Waals surface area (Å²) in [6.45, 7) is 12.2. The molecular formula is C19H32O6S2. The second-order valence-corrected chi connectivity index (χ2v) is 11.8. The smallest absolute Gasteiger partial charge is 0.164 e. The van der Waals surface area contributed by atoms with Crippen molar-refractivity contribution < 1.29 is 28.4 Å². The Morgan fingerprint density at radius 2 is 1.15 bits per heavy atom. The molecule has 4 aliphatic rings. The molecule has 4 rings (SSSR count). The lowest BCUT2D eigenvalue weighted by atomic mass is 10.00. The third kappa shape index (κ3) is 4.48. The maximum absolute atomic E-state index is 6.38. The third-order valence-corrected chi connectivity index (χ3v) is 8.23. The molecule has 156 valence electrons. The normalized spacial score (nSPS) is 44.0. The molecule has 0 saturated carbocycles. The van der Waals surface area contributed by atoms with Gasteiger partial charge in [-0.05, 0) is 59.5 Å². The van der Waals surface area contributed by atoms with Crippen LogP contribution in [-0.4, -0.2) is 70.6 Å². The van der Waals surface area contributed by atoms with Crippen LogP contribution in [0, 0.1) is 0 Å². The van der Waals surface area contributed by atoms with E-state index in [1.807, 2.05) is 65.1 Å². The molecule has 5 atom stereocenters. The SMILES string of the molecule is CC1(C)O[C@H]([C@@H]2OC(C)(C)O[C@H]2C2SCCCS2)[C@@H]([C@H]2COC(C)(C)O2)O1. The highest BCUT2D eigenvalue weighted by molar-refractivity contribution is 8.17. The Bertz CT molecular complexity index is 548. The predicted molar refractivity (Wildman–Crippen MR) is 106 cm³/mol. The van der Waals surface area contributed by atoms with Gasteiger partial charge >= 0.3 is 0 Å². The van der Waals surface area contributed by atoms with Gasteiger partial charge in [-0.1, -0.05) is 0 Å². The van der Waals surface area contributed by atoms with E-state index < -0.39 is 17.4 Å². The minimum absolute atomic E-state index is 0.0457. The molecule has 0 aromatic rings. The van der Waals surface area contributed by atoms with E-state index in [1.54, 1.807) is 0 Å². The van der Waals surface area contributed by atoms with Crippen molar-refractivity contribution in [1.29, 1.82) is 0 Å². The van der Waals surface area contributed by atoms with Crippen molar-refractivity contribution in [2.24, 2.45) is 0 Å². The summed E-state index contributed by atoms with van der Waals surface area (Å²) in [5.41, 5.74) is 0. The quantitative estimate of drug-likeness (QED) is 0.689. The Kier molecular flexibility index (Phi) is 5.61. The molecule has 0 N–H and O–H groups in total. The maximum atomic E-state index is 6.38. The monoisotopic (exact) mass is 420 g/mol. The van der Waals surface area contributed by atoms with E-state index in [2.05, 4.69) is 0 Å². The summed E-state index contributed by atoms with van der Waals surface area (Å²) in [5, 5.41) is 0. The van der Waals surface area contributed by atoms with E-state index in [0.29, 0.717) is 11.2 Å². The lowest BCUT2D eigenvalue weighted by Crippen LogP contribution is -2.49. The molecule has 0 unspecified atom stereocenters. The highest BCUT2D eigenvalue weighted by Gasteiger charge is 2.58. The fourth-order valence-electron chi connectivity index (χ4n) is 4.21. The highest BCUT2D eigenvalue weighted by atomic mass is 32.2. The van der Waals surface area contributed by atoms with Gasteiger partial charge in [0, 0.05) is 0 Å². The van der Waals surface area contributed by atoms with Crippen LogP contribution < -0.4 is 0 Å². The Hall–Kier alpha value is 0.460. The van der Waals surface area contributed by atoms with E-state index in [4.69, 9.17) is 28.4 Å². The van der Waals surface area contributed by atoms with Crippen LogP contribution in [0.1, 0.15) is 48.0 Å². The average molecular weight is 421 g/mol. The molecule has 27 heavy (non-hydrogen) atoms. The molecule has 8 heteroatoms. The second-order valence-electron chi connectivity index (χ2n) is 8.96. The number of hydrogen-bond acceptors (Lipinski definition) is 8. The molecule has 0 aromatic heterocycles. The molecule has 0 aromatic carbocycles. The van der Waals surface area contributed by atoms with Gasteiger partial charge < -0.3 is 28.4 Å². The van der Waals surface area contributed by atoms with Crippen LogP contribution in [0.5, 0.6) is 0 Å². The first-order valence-electron chi connectivity index (χ1n) is 9.82. The number of ether oxygens (including phenoxy) is 6. The summed E-state index contributed by atoms with van der Waals surface area (Å²) in [5.74, 6) is 0.386. The van der Waals surface area contributed by atoms with Gasteiger partial charge in [0.05, 0.1) is 11.2 Å². The maximum Gasteiger partial charge on any atom is 0.164 e. The first kappa shape index (κ1) is 20.7. The van der Waals surface area contributed by atoms with Crippen LogP contribution in [0.15, 0.2) is 0 Å². The van der Waals surface area contributed by atoms with Crippen molar-refractivity contribution in [2.75, 3.05) is 18.1 Å². The van der Waals surface area contributed by atoms with Crippen LogP contribution in [-0.2, 0) is 28.4 Å². The van der Waals surface area contributed by atoms with Gasteiger partial charge in [-0.3, -0.25) is 0 Å². The van der Waals surface area contributed by atoms with Crippen LogP contribution in [0.3, 0.4) is 0 Å². The summed E-state index contributed by atoms with van der Waals surface area (Å²) in [6.07, 6.45) is 0.279. The molecule has 0 aliphatic carbocycles. The molecule has 0 radical (unpaired) electrons. The fourth-order valence-corrected chi connectivity index (χ4v) is 7.25. The summed E-state index contributed by atoms with van der Waals surface area (Å²) in [4.78, 5) is 0. The zero-order valence-corrected chi connectivity index (χ0v) is 18.7. The van der Waals surface area contributed by atoms with Crippen molar-refractivity contribution in [2.45, 2.75) is 100 Å². The van der Waals surface area contributed by atoms with Crippen molar-refractivity contribution in [3.05, 3.63) is 0 Å². The Labute approximate surface area is 170 Å². The molecular weight excluding hydrogens is 388 g/mol. The van der Waals surface area contributed by atoms with Gasteiger partial charge in [-0.25, -0.2) is 0 Å². The van der Waals surface area contributed by atoms with E-state index in [9.17, 15) is 0 Å². The van der Waals surface area contributed by atoms with Crippen LogP contribution in [0.25, 0.3) is 0 Å². The van der Waals surface area contributed by atoms with Crippen molar-refractivity contribution in [1.82, 2.24) is 0 Å². The first-order chi connectivity index (χ1) is 12.6. The van der Waals surface area contributed by atoms with Crippen molar-refractivity contribution >= 4 is 23.5 Å². The van der Waals surface area contributed by atoms with Gasteiger partial charge in [0.1, 0.15) is 30.5 Å². The summed E-state index contributed by atoms with van der Waals surface area (Å²) in [6, 6.07) is 0. The van der Waals surface area contributed by atoms with E-state index in [1.165, 1.54) is 6.42 Å². The molecule has 4 saturated heterocycles. The van der Waals surface area contributed by atoms with E-state index in [-0.39, 0.29) is 30.5 Å². The van der Waals surface area contributed by atoms with Gasteiger partial charge in [-0.2, -0.15) is 0 Å². The molecule has 0 spiro atoms. The Balaban J connectivity index is 1.57. The topological polar surface area (TPSA) is 55.4 Å². The summed E-state index contributed by atoms with van der Waals surface area (Å²) >= 11 is 3.93. The van der Waals surface area contributed by atoms with Crippen LogP contribution in [0.2, 0.25) is 0 Å². The number of hydrogen-bond donors (Lipinski definition) is 0. The Morgan fingerprint density at radius 3 is 1.70 bits per heavy atom. The highest BCUT2D eigenvalue weighted by Crippen LogP contribution is 2.46. The molecule has 6 nitrogen and oxygen atoms in total. The molecule has 4 fully saturated rings. The lowest BCUT2D eigenvalue weighted by Gasteiger charge is -2.32. The Morgan fingerprint density at radius 1 is 0.630 bits per heavy atom. The van der Waals surface area contributed by atoms with Crippen LogP contribution >= 0.6 is 23.5 Å². The van der Waals surface area contributed by atoms with Gasteiger partial charge in [0.15, 0.2) is 17.4 Å². The zero-order chi connectivity index (χ0) is 19.4. The number of rotatable bonds is 3. The van der Waals surface area contributed by atoms with E-state index in [0.717, 1.165) is 11.5 Å². The van der Waals surface area contributed by atoms with Gasteiger partial charge in [-0.15, -0.1) is 23.5 Å². The van der Waals surface area contributed by atoms with Crippen molar-refractivity contribution in [3.63, 3.8) is 0 Å². The zero-order valence-electron chi connectivity index (χ0n) is 17.1.